The molecule has 160 valence electrons. The molecular formula is C23H28BrN3O3. The lowest BCUT2D eigenvalue weighted by Crippen LogP contribution is -2.48. The zero-order valence-electron chi connectivity index (χ0n) is 17.5. The van der Waals surface area contributed by atoms with Crippen molar-refractivity contribution in [2.45, 2.75) is 39.7 Å². The number of hydrogen-bond donors (Lipinski definition) is 2. The molecule has 0 bridgehead atoms. The van der Waals surface area contributed by atoms with Gasteiger partial charge in [0.05, 0.1) is 12.8 Å². The Morgan fingerprint density at radius 3 is 2.57 bits per heavy atom. The van der Waals surface area contributed by atoms with Crippen LogP contribution in [0.1, 0.15) is 49.5 Å². The monoisotopic (exact) mass is 473 g/mol. The van der Waals surface area contributed by atoms with Gasteiger partial charge in [0.25, 0.3) is 11.8 Å². The van der Waals surface area contributed by atoms with Crippen molar-refractivity contribution in [3.05, 3.63) is 64.1 Å². The quantitative estimate of drug-likeness (QED) is 0.302. The Balaban J connectivity index is 2.04. The molecule has 0 aliphatic heterocycles. The van der Waals surface area contributed by atoms with Crippen molar-refractivity contribution in [1.29, 1.82) is 0 Å². The maximum absolute atomic E-state index is 12.6. The highest BCUT2D eigenvalue weighted by Crippen LogP contribution is 2.22. The minimum Gasteiger partial charge on any atom is -0.493 e. The van der Waals surface area contributed by atoms with E-state index in [0.717, 1.165) is 22.9 Å². The lowest BCUT2D eigenvalue weighted by Gasteiger charge is -2.20. The van der Waals surface area contributed by atoms with Gasteiger partial charge in [-0.15, -0.1) is 0 Å². The van der Waals surface area contributed by atoms with Crippen LogP contribution >= 0.6 is 15.9 Å². The molecule has 0 fully saturated rings. The van der Waals surface area contributed by atoms with Crippen LogP contribution in [0.5, 0.6) is 5.75 Å². The van der Waals surface area contributed by atoms with Gasteiger partial charge in [-0.3, -0.25) is 9.59 Å². The number of benzene rings is 2. The van der Waals surface area contributed by atoms with Gasteiger partial charge in [-0.2, -0.15) is 5.10 Å². The molecule has 0 spiro atoms. The highest BCUT2D eigenvalue weighted by molar-refractivity contribution is 9.10. The van der Waals surface area contributed by atoms with Crippen LogP contribution in [0.2, 0.25) is 0 Å². The number of nitrogens with zero attached hydrogens (tertiary/aromatic N) is 1. The van der Waals surface area contributed by atoms with Gasteiger partial charge in [0.1, 0.15) is 11.8 Å². The van der Waals surface area contributed by atoms with Crippen molar-refractivity contribution in [3.8, 4) is 5.75 Å². The third kappa shape index (κ3) is 7.30. The van der Waals surface area contributed by atoms with Crippen LogP contribution in [0.15, 0.2) is 58.1 Å². The van der Waals surface area contributed by atoms with Gasteiger partial charge in [0.15, 0.2) is 0 Å². The second-order valence-electron chi connectivity index (χ2n) is 7.18. The topological polar surface area (TPSA) is 79.8 Å². The lowest BCUT2D eigenvalue weighted by molar-refractivity contribution is -0.123. The molecule has 2 aromatic rings. The van der Waals surface area contributed by atoms with Crippen molar-refractivity contribution in [3.63, 3.8) is 0 Å². The Morgan fingerprint density at radius 1 is 1.17 bits per heavy atom. The molecule has 0 aliphatic rings. The number of nitrogens with one attached hydrogen (secondary N) is 2. The van der Waals surface area contributed by atoms with E-state index in [2.05, 4.69) is 38.7 Å². The zero-order chi connectivity index (χ0) is 21.9. The predicted octanol–water partition coefficient (Wildman–Crippen LogP) is 4.53. The number of ether oxygens (including phenoxy) is 1. The van der Waals surface area contributed by atoms with Gasteiger partial charge >= 0.3 is 0 Å². The maximum Gasteiger partial charge on any atom is 0.262 e. The molecule has 7 heteroatoms. The molecule has 30 heavy (non-hydrogen) atoms. The summed E-state index contributed by atoms with van der Waals surface area (Å²) in [5.41, 5.74) is 3.78. The molecule has 2 aromatic carbocycles. The summed E-state index contributed by atoms with van der Waals surface area (Å²) in [6.07, 6.45) is 3.54. The first kappa shape index (κ1) is 23.6. The normalized spacial score (nSPS) is 12.0. The van der Waals surface area contributed by atoms with Gasteiger partial charge in [-0.05, 0) is 42.7 Å². The van der Waals surface area contributed by atoms with Crippen LogP contribution in [0.3, 0.4) is 0 Å². The SMILES string of the molecule is CCCCOc1ccc(Br)cc1/C=N/NC(=O)C(NC(=O)c1ccccc1)C(C)C. The van der Waals surface area contributed by atoms with Crippen LogP contribution in [0.25, 0.3) is 0 Å². The molecule has 2 amide bonds. The van der Waals surface area contributed by atoms with Crippen molar-refractivity contribution in [2.24, 2.45) is 11.0 Å². The molecule has 0 radical (unpaired) electrons. The Labute approximate surface area is 186 Å². The Morgan fingerprint density at radius 2 is 1.90 bits per heavy atom. The van der Waals surface area contributed by atoms with E-state index in [1.807, 2.05) is 38.1 Å². The van der Waals surface area contributed by atoms with Crippen molar-refractivity contribution < 1.29 is 14.3 Å². The number of amides is 2. The average molecular weight is 474 g/mol. The van der Waals surface area contributed by atoms with E-state index in [1.54, 1.807) is 30.5 Å². The summed E-state index contributed by atoms with van der Waals surface area (Å²) in [4.78, 5) is 25.0. The third-order valence-corrected chi connectivity index (χ3v) is 4.87. The van der Waals surface area contributed by atoms with Crippen LogP contribution in [0, 0.1) is 5.92 Å². The van der Waals surface area contributed by atoms with Gasteiger partial charge < -0.3 is 10.1 Å². The van der Waals surface area contributed by atoms with E-state index in [1.165, 1.54) is 0 Å². The largest absolute Gasteiger partial charge is 0.493 e. The van der Waals surface area contributed by atoms with Gasteiger partial charge in [0.2, 0.25) is 0 Å². The third-order valence-electron chi connectivity index (χ3n) is 4.38. The predicted molar refractivity (Wildman–Crippen MR) is 123 cm³/mol. The van der Waals surface area contributed by atoms with Gasteiger partial charge in [-0.25, -0.2) is 5.43 Å². The molecule has 0 saturated heterocycles. The number of rotatable bonds is 10. The van der Waals surface area contributed by atoms with Gasteiger partial charge in [-0.1, -0.05) is 61.3 Å². The number of halogens is 1. The van der Waals surface area contributed by atoms with Crippen LogP contribution < -0.4 is 15.5 Å². The number of unbranched alkanes of at least 4 members (excludes halogenated alkanes) is 1. The Hall–Kier alpha value is -2.67. The standard InChI is InChI=1S/C23H28BrN3O3/c1-4-5-13-30-20-12-11-19(24)14-18(20)15-25-27-23(29)21(16(2)3)26-22(28)17-9-7-6-8-10-17/h6-12,14-16,21H,4-5,13H2,1-3H3,(H,26,28)(H,27,29)/b25-15+. The summed E-state index contributed by atoms with van der Waals surface area (Å²) in [5.74, 6) is -0.0879. The fraction of sp³-hybridized carbons (Fsp3) is 0.348. The minimum absolute atomic E-state index is 0.105. The smallest absolute Gasteiger partial charge is 0.262 e. The molecule has 6 nitrogen and oxygen atoms in total. The molecule has 1 atom stereocenters. The van der Waals surface area contributed by atoms with Crippen LogP contribution in [-0.2, 0) is 4.79 Å². The van der Waals surface area contributed by atoms with Crippen LogP contribution in [0.4, 0.5) is 0 Å². The Kier molecular flexibility index (Phi) is 9.54. The molecule has 1 unspecified atom stereocenters. The van der Waals surface area contributed by atoms with E-state index in [4.69, 9.17) is 4.74 Å². The first-order valence-corrected chi connectivity index (χ1v) is 10.8. The number of carbonyl (C=O) groups is 2. The van der Waals surface area contributed by atoms with Crippen molar-refractivity contribution >= 4 is 34.0 Å². The van der Waals surface area contributed by atoms with Crippen molar-refractivity contribution in [2.75, 3.05) is 6.61 Å². The molecule has 0 aromatic heterocycles. The number of hydrogen-bond acceptors (Lipinski definition) is 4. The fourth-order valence-electron chi connectivity index (χ4n) is 2.66. The number of carbonyl (C=O) groups excluding carboxylic acids is 2. The second-order valence-corrected chi connectivity index (χ2v) is 8.10. The summed E-state index contributed by atoms with van der Waals surface area (Å²) in [6, 6.07) is 13.7. The molecule has 2 rings (SSSR count). The minimum atomic E-state index is -0.711. The summed E-state index contributed by atoms with van der Waals surface area (Å²) < 4.78 is 6.68. The summed E-state index contributed by atoms with van der Waals surface area (Å²) in [5, 5.41) is 6.86. The second kappa shape index (κ2) is 12.1. The lowest BCUT2D eigenvalue weighted by atomic mass is 10.0. The van der Waals surface area contributed by atoms with Crippen LogP contribution in [-0.4, -0.2) is 30.7 Å². The molecular weight excluding hydrogens is 446 g/mol. The fourth-order valence-corrected chi connectivity index (χ4v) is 3.04. The molecule has 2 N–H and O–H groups in total. The number of hydrazone groups is 1. The van der Waals surface area contributed by atoms with Crippen molar-refractivity contribution in [1.82, 2.24) is 10.7 Å². The van der Waals surface area contributed by atoms with E-state index in [0.29, 0.717) is 17.9 Å². The average Bonchev–Trinajstić information content (AvgIpc) is 2.73. The first-order chi connectivity index (χ1) is 14.4. The summed E-state index contributed by atoms with van der Waals surface area (Å²) >= 11 is 3.44. The van der Waals surface area contributed by atoms with E-state index >= 15 is 0 Å². The first-order valence-electron chi connectivity index (χ1n) is 10.0. The molecule has 0 saturated carbocycles. The van der Waals surface area contributed by atoms with E-state index < -0.39 is 6.04 Å². The highest BCUT2D eigenvalue weighted by atomic mass is 79.9. The van der Waals surface area contributed by atoms with E-state index in [9.17, 15) is 9.59 Å². The molecule has 0 heterocycles. The highest BCUT2D eigenvalue weighted by Gasteiger charge is 2.24. The zero-order valence-corrected chi connectivity index (χ0v) is 19.1. The maximum atomic E-state index is 12.6. The molecule has 0 aliphatic carbocycles. The summed E-state index contributed by atoms with van der Waals surface area (Å²) in [6.45, 7) is 6.46. The summed E-state index contributed by atoms with van der Waals surface area (Å²) in [7, 11) is 0. The van der Waals surface area contributed by atoms with E-state index in [-0.39, 0.29) is 17.7 Å². The van der Waals surface area contributed by atoms with Gasteiger partial charge in [0, 0.05) is 15.6 Å². The Bertz CT molecular complexity index is 869.